The van der Waals surface area contributed by atoms with Crippen molar-refractivity contribution in [2.45, 2.75) is 20.4 Å². The average Bonchev–Trinajstić information content (AvgIpc) is 3.14. The summed E-state index contributed by atoms with van der Waals surface area (Å²) in [5, 5.41) is 0.411. The first-order valence-corrected chi connectivity index (χ1v) is 11.6. The van der Waals surface area contributed by atoms with Crippen LogP contribution < -0.4 is 0 Å². The number of aromatic nitrogens is 1. The Morgan fingerprint density at radius 1 is 1.07 bits per heavy atom. The molecule has 7 heteroatoms. The summed E-state index contributed by atoms with van der Waals surface area (Å²) >= 11 is 9.60. The van der Waals surface area contributed by atoms with Crippen LogP contribution in [0.3, 0.4) is 0 Å². The summed E-state index contributed by atoms with van der Waals surface area (Å²) in [5.41, 5.74) is 4.68. The Hall–Kier alpha value is -2.03. The summed E-state index contributed by atoms with van der Waals surface area (Å²) in [6, 6.07) is 17.5. The number of halogens is 2. The molecule has 1 aliphatic rings. The highest BCUT2D eigenvalue weighted by atomic mass is 127. The van der Waals surface area contributed by atoms with Gasteiger partial charge in [0.1, 0.15) is 0 Å². The van der Waals surface area contributed by atoms with Gasteiger partial charge in [-0.2, -0.15) is 0 Å². The smallest absolute Gasteiger partial charge is 0.293 e. The Morgan fingerprint density at radius 2 is 1.77 bits per heavy atom. The molecule has 4 rings (SSSR count). The van der Waals surface area contributed by atoms with Gasteiger partial charge in [-0.15, -0.1) is 0 Å². The minimum absolute atomic E-state index is 0.246. The number of carbonyl (C=O) groups is 2. The molecule has 1 aliphatic heterocycles. The Balaban J connectivity index is 1.63. The fourth-order valence-corrected chi connectivity index (χ4v) is 4.90. The molecule has 1 saturated heterocycles. The van der Waals surface area contributed by atoms with Gasteiger partial charge in [-0.25, -0.2) is 0 Å². The van der Waals surface area contributed by atoms with E-state index >= 15 is 0 Å². The second kappa shape index (κ2) is 8.61. The summed E-state index contributed by atoms with van der Waals surface area (Å²) in [7, 11) is 0. The van der Waals surface area contributed by atoms with Crippen LogP contribution >= 0.6 is 46.0 Å². The van der Waals surface area contributed by atoms with E-state index in [0.29, 0.717) is 9.93 Å². The van der Waals surface area contributed by atoms with E-state index in [-0.39, 0.29) is 17.7 Å². The minimum Gasteiger partial charge on any atom is -0.316 e. The number of thioether (sulfide) groups is 1. The number of para-hydroxylation sites is 1. The fourth-order valence-electron chi connectivity index (χ4n) is 3.49. The van der Waals surface area contributed by atoms with E-state index < -0.39 is 0 Å². The molecule has 152 valence electrons. The number of benzene rings is 2. The topological polar surface area (TPSA) is 42.3 Å². The lowest BCUT2D eigenvalue weighted by molar-refractivity contribution is -0.123. The normalized spacial score (nSPS) is 15.5. The van der Waals surface area contributed by atoms with E-state index in [4.69, 9.17) is 11.6 Å². The van der Waals surface area contributed by atoms with E-state index in [2.05, 4.69) is 27.2 Å². The van der Waals surface area contributed by atoms with Crippen molar-refractivity contribution in [1.82, 2.24) is 9.47 Å². The molecule has 0 unspecified atom stereocenters. The molecular weight excluding hydrogens is 531 g/mol. The van der Waals surface area contributed by atoms with Crippen LogP contribution in [0.2, 0.25) is 5.02 Å². The fraction of sp³-hybridized carbons (Fsp3) is 0.130. The van der Waals surface area contributed by atoms with Gasteiger partial charge in [-0.1, -0.05) is 35.9 Å². The third-order valence-corrected chi connectivity index (χ3v) is 6.92. The molecule has 0 bridgehead atoms. The number of hydrogen-bond acceptors (Lipinski definition) is 3. The van der Waals surface area contributed by atoms with Crippen LogP contribution in [0, 0.1) is 17.4 Å². The molecule has 30 heavy (non-hydrogen) atoms. The number of hydrogen-bond donors (Lipinski definition) is 0. The van der Waals surface area contributed by atoms with E-state index in [1.165, 1.54) is 4.90 Å². The molecule has 1 fully saturated rings. The maximum atomic E-state index is 12.9. The molecule has 0 saturated carbocycles. The van der Waals surface area contributed by atoms with Gasteiger partial charge in [0.25, 0.3) is 11.1 Å². The number of imide groups is 1. The van der Waals surface area contributed by atoms with Crippen LogP contribution in [0.5, 0.6) is 0 Å². The first-order valence-electron chi connectivity index (χ1n) is 9.29. The second-order valence-electron chi connectivity index (χ2n) is 7.01. The van der Waals surface area contributed by atoms with Crippen molar-refractivity contribution in [3.05, 3.63) is 90.6 Å². The predicted molar refractivity (Wildman–Crippen MR) is 131 cm³/mol. The number of rotatable bonds is 4. The maximum absolute atomic E-state index is 12.9. The monoisotopic (exact) mass is 548 g/mol. The molecule has 0 aliphatic carbocycles. The van der Waals surface area contributed by atoms with Crippen LogP contribution in [0.1, 0.15) is 22.5 Å². The van der Waals surface area contributed by atoms with Gasteiger partial charge in [0.05, 0.1) is 22.2 Å². The highest BCUT2D eigenvalue weighted by Gasteiger charge is 2.35. The average molecular weight is 549 g/mol. The summed E-state index contributed by atoms with van der Waals surface area (Å²) in [4.78, 5) is 27.1. The molecule has 0 N–H and O–H groups in total. The lowest BCUT2D eigenvalue weighted by Gasteiger charge is -2.12. The Morgan fingerprint density at radius 3 is 2.47 bits per heavy atom. The van der Waals surface area contributed by atoms with Crippen LogP contribution in [-0.2, 0) is 11.3 Å². The largest absolute Gasteiger partial charge is 0.316 e. The standard InChI is InChI=1S/C23H18ClIN2O2S/c1-14-11-17(15(2)27(14)20-6-4-3-5-19(20)24)12-21-22(28)26(23(29)30-21)13-16-7-9-18(25)10-8-16/h3-12H,13H2,1-2H3/b21-12-. The van der Waals surface area contributed by atoms with Gasteiger partial charge < -0.3 is 4.57 Å². The Labute approximate surface area is 198 Å². The third kappa shape index (κ3) is 4.08. The molecule has 0 radical (unpaired) electrons. The van der Waals surface area contributed by atoms with Crippen LogP contribution in [0.15, 0.2) is 59.5 Å². The molecule has 2 aromatic carbocycles. The Bertz CT molecular complexity index is 1180. The van der Waals surface area contributed by atoms with Crippen molar-refractivity contribution in [2.24, 2.45) is 0 Å². The zero-order chi connectivity index (χ0) is 21.4. The first-order chi connectivity index (χ1) is 14.3. The first kappa shape index (κ1) is 21.2. The van der Waals surface area contributed by atoms with Gasteiger partial charge in [-0.05, 0) is 95.7 Å². The summed E-state index contributed by atoms with van der Waals surface area (Å²) < 4.78 is 3.17. The third-order valence-electron chi connectivity index (χ3n) is 4.98. The van der Waals surface area contributed by atoms with Crippen molar-refractivity contribution in [3.8, 4) is 5.69 Å². The molecular formula is C23H18ClIN2O2S. The predicted octanol–water partition coefficient (Wildman–Crippen LogP) is 6.59. The highest BCUT2D eigenvalue weighted by Crippen LogP contribution is 2.35. The van der Waals surface area contributed by atoms with Crippen LogP contribution in [0.4, 0.5) is 4.79 Å². The quantitative estimate of drug-likeness (QED) is 0.273. The number of amides is 2. The van der Waals surface area contributed by atoms with E-state index in [1.54, 1.807) is 6.08 Å². The molecule has 0 spiro atoms. The summed E-state index contributed by atoms with van der Waals surface area (Å²) in [6.45, 7) is 4.26. The van der Waals surface area contributed by atoms with Crippen molar-refractivity contribution < 1.29 is 9.59 Å². The zero-order valence-electron chi connectivity index (χ0n) is 16.4. The van der Waals surface area contributed by atoms with E-state index in [0.717, 1.165) is 43.5 Å². The molecule has 4 nitrogen and oxygen atoms in total. The zero-order valence-corrected chi connectivity index (χ0v) is 20.1. The van der Waals surface area contributed by atoms with Crippen LogP contribution in [0.25, 0.3) is 11.8 Å². The number of carbonyl (C=O) groups excluding carboxylic acids is 2. The maximum Gasteiger partial charge on any atom is 0.293 e. The summed E-state index contributed by atoms with van der Waals surface area (Å²) in [6.07, 6.45) is 1.80. The second-order valence-corrected chi connectivity index (χ2v) is 9.65. The highest BCUT2D eigenvalue weighted by molar-refractivity contribution is 14.1. The number of aryl methyl sites for hydroxylation is 1. The SMILES string of the molecule is Cc1cc(/C=C2\SC(=O)N(Cc3ccc(I)cc3)C2=O)c(C)n1-c1ccccc1Cl. The van der Waals surface area contributed by atoms with Crippen molar-refractivity contribution in [1.29, 1.82) is 0 Å². The van der Waals surface area contributed by atoms with Crippen LogP contribution in [-0.4, -0.2) is 20.6 Å². The molecule has 1 aromatic heterocycles. The van der Waals surface area contributed by atoms with Gasteiger partial charge in [0, 0.05) is 15.0 Å². The molecule has 2 heterocycles. The molecule has 0 atom stereocenters. The van der Waals surface area contributed by atoms with Gasteiger partial charge in [0.15, 0.2) is 0 Å². The van der Waals surface area contributed by atoms with Crippen molar-refractivity contribution in [3.63, 3.8) is 0 Å². The molecule has 2 amide bonds. The summed E-state index contributed by atoms with van der Waals surface area (Å²) in [5.74, 6) is -0.258. The van der Waals surface area contributed by atoms with Gasteiger partial charge >= 0.3 is 0 Å². The number of nitrogens with zero attached hydrogens (tertiary/aromatic N) is 2. The molecule has 3 aromatic rings. The van der Waals surface area contributed by atoms with Gasteiger partial charge in [-0.3, -0.25) is 14.5 Å². The lowest BCUT2D eigenvalue weighted by Crippen LogP contribution is -2.27. The van der Waals surface area contributed by atoms with Gasteiger partial charge in [0.2, 0.25) is 0 Å². The lowest BCUT2D eigenvalue weighted by atomic mass is 10.2. The van der Waals surface area contributed by atoms with Crippen molar-refractivity contribution >= 4 is 63.2 Å². The Kier molecular flexibility index (Phi) is 6.09. The van der Waals surface area contributed by atoms with E-state index in [1.807, 2.05) is 68.4 Å². The van der Waals surface area contributed by atoms with E-state index in [9.17, 15) is 9.59 Å². The van der Waals surface area contributed by atoms with Crippen molar-refractivity contribution in [2.75, 3.05) is 0 Å². The minimum atomic E-state index is -0.258.